The average Bonchev–Trinajstić information content (AvgIpc) is 2.71. The molecule has 0 spiro atoms. The van der Waals surface area contributed by atoms with Crippen LogP contribution in [0.5, 0.6) is 0 Å². The van der Waals surface area contributed by atoms with Gasteiger partial charge >= 0.3 is 18.1 Å². The monoisotopic (exact) mass is 427 g/mol. The van der Waals surface area contributed by atoms with Crippen LogP contribution in [0.3, 0.4) is 0 Å². The number of carbonyl (C=O) groups excluding carboxylic acids is 2. The van der Waals surface area contributed by atoms with Crippen molar-refractivity contribution in [1.82, 2.24) is 5.32 Å². The number of ether oxygens (including phenoxy) is 2. The van der Waals surface area contributed by atoms with Crippen molar-refractivity contribution in [2.75, 3.05) is 19.8 Å². The zero-order valence-electron chi connectivity index (χ0n) is 16.9. The minimum atomic E-state index is -4.73. The van der Waals surface area contributed by atoms with Crippen molar-refractivity contribution in [3.05, 3.63) is 57.9 Å². The smallest absolute Gasteiger partial charge is 0.416 e. The summed E-state index contributed by atoms with van der Waals surface area (Å²) in [5.74, 6) is -3.19. The van der Waals surface area contributed by atoms with Crippen molar-refractivity contribution < 1.29 is 37.3 Å². The molecule has 2 N–H and O–H groups in total. The van der Waals surface area contributed by atoms with Gasteiger partial charge in [0.15, 0.2) is 0 Å². The Labute approximate surface area is 172 Å². The van der Waals surface area contributed by atoms with Crippen LogP contribution in [0.1, 0.15) is 44.2 Å². The topological polar surface area (TPSA) is 84.9 Å². The minimum absolute atomic E-state index is 0.00171. The van der Waals surface area contributed by atoms with Gasteiger partial charge in [0.1, 0.15) is 0 Å². The largest absolute Gasteiger partial charge is 0.463 e. The summed E-state index contributed by atoms with van der Waals surface area (Å²) in [6.07, 6.45) is -4.49. The third kappa shape index (κ3) is 4.67. The summed E-state index contributed by atoms with van der Waals surface area (Å²) >= 11 is 0. The van der Waals surface area contributed by atoms with E-state index in [1.807, 2.05) is 0 Å². The fraction of sp³-hybridized carbons (Fsp3) is 0.429. The van der Waals surface area contributed by atoms with Gasteiger partial charge in [0.25, 0.3) is 0 Å². The van der Waals surface area contributed by atoms with E-state index in [2.05, 4.69) is 5.32 Å². The molecule has 1 unspecified atom stereocenters. The second-order valence-electron chi connectivity index (χ2n) is 6.38. The number of carbonyl (C=O) groups is 2. The van der Waals surface area contributed by atoms with E-state index in [0.29, 0.717) is 0 Å². The molecule has 1 heterocycles. The molecule has 2 rings (SSSR count). The first-order valence-corrected chi connectivity index (χ1v) is 9.55. The third-order valence-corrected chi connectivity index (χ3v) is 4.61. The molecule has 0 saturated heterocycles. The standard InChI is InChI=1S/C21H24F3NO5/c1-4-14-17(19(27)29-5-2)16(12-9-7-8-10-13(12)21(22,23)24)18(15(11-26)25-14)20(28)30-6-3/h7-10,16,25-26H,4-6,11H2,1-3H3. The lowest BCUT2D eigenvalue weighted by Crippen LogP contribution is -2.36. The van der Waals surface area contributed by atoms with Gasteiger partial charge in [-0.05, 0) is 31.9 Å². The highest BCUT2D eigenvalue weighted by molar-refractivity contribution is 6.00. The third-order valence-electron chi connectivity index (χ3n) is 4.61. The lowest BCUT2D eigenvalue weighted by atomic mass is 9.78. The molecule has 0 saturated carbocycles. The fourth-order valence-corrected chi connectivity index (χ4v) is 3.43. The van der Waals surface area contributed by atoms with Gasteiger partial charge in [-0.2, -0.15) is 13.2 Å². The molecule has 0 amide bonds. The zero-order chi connectivity index (χ0) is 22.5. The summed E-state index contributed by atoms with van der Waals surface area (Å²) in [4.78, 5) is 25.5. The Balaban J connectivity index is 2.87. The number of benzene rings is 1. The van der Waals surface area contributed by atoms with Crippen molar-refractivity contribution >= 4 is 11.9 Å². The molecule has 1 aliphatic rings. The molecule has 0 aliphatic carbocycles. The molecule has 0 bridgehead atoms. The SMILES string of the molecule is CCOC(=O)C1=C(CC)NC(CO)=C(C(=O)OCC)C1c1ccccc1C(F)(F)F. The summed E-state index contributed by atoms with van der Waals surface area (Å²) in [5.41, 5.74) is -1.40. The van der Waals surface area contributed by atoms with E-state index in [0.717, 1.165) is 6.07 Å². The second kappa shape index (κ2) is 9.80. The number of halogens is 3. The van der Waals surface area contributed by atoms with E-state index in [1.54, 1.807) is 20.8 Å². The predicted octanol–water partition coefficient (Wildman–Crippen LogP) is 3.43. The Bertz CT molecular complexity index is 832. The molecule has 1 aliphatic heterocycles. The molecule has 0 aromatic heterocycles. The quantitative estimate of drug-likeness (QED) is 0.649. The van der Waals surface area contributed by atoms with Gasteiger partial charge in [-0.3, -0.25) is 0 Å². The highest BCUT2D eigenvalue weighted by Gasteiger charge is 2.43. The molecule has 164 valence electrons. The highest BCUT2D eigenvalue weighted by Crippen LogP contribution is 2.44. The number of hydrogen-bond acceptors (Lipinski definition) is 6. The second-order valence-corrected chi connectivity index (χ2v) is 6.38. The molecular weight excluding hydrogens is 403 g/mol. The number of alkyl halides is 3. The lowest BCUT2D eigenvalue weighted by molar-refractivity contribution is -0.142. The molecule has 0 fully saturated rings. The minimum Gasteiger partial charge on any atom is -0.463 e. The fourth-order valence-electron chi connectivity index (χ4n) is 3.43. The van der Waals surface area contributed by atoms with E-state index >= 15 is 0 Å². The number of allylic oxidation sites excluding steroid dienone is 1. The zero-order valence-corrected chi connectivity index (χ0v) is 16.9. The van der Waals surface area contributed by atoms with Gasteiger partial charge in [-0.25, -0.2) is 9.59 Å². The van der Waals surface area contributed by atoms with E-state index in [1.165, 1.54) is 18.2 Å². The van der Waals surface area contributed by atoms with Gasteiger partial charge in [-0.1, -0.05) is 25.1 Å². The van der Waals surface area contributed by atoms with Crippen LogP contribution in [0.15, 0.2) is 46.8 Å². The first kappa shape index (κ1) is 23.5. The van der Waals surface area contributed by atoms with Crippen molar-refractivity contribution in [1.29, 1.82) is 0 Å². The molecule has 1 aromatic rings. The van der Waals surface area contributed by atoms with Crippen molar-refractivity contribution in [3.63, 3.8) is 0 Å². The van der Waals surface area contributed by atoms with E-state index < -0.39 is 36.2 Å². The van der Waals surface area contributed by atoms with Crippen LogP contribution < -0.4 is 5.32 Å². The van der Waals surface area contributed by atoms with Gasteiger partial charge < -0.3 is 19.9 Å². The molecule has 9 heteroatoms. The molecule has 0 radical (unpaired) electrons. The summed E-state index contributed by atoms with van der Waals surface area (Å²) in [6, 6.07) is 4.71. The van der Waals surface area contributed by atoms with Gasteiger partial charge in [-0.15, -0.1) is 0 Å². The number of dihydropyridines is 1. The summed E-state index contributed by atoms with van der Waals surface area (Å²) in [7, 11) is 0. The predicted molar refractivity (Wildman–Crippen MR) is 102 cm³/mol. The van der Waals surface area contributed by atoms with Crippen LogP contribution in [-0.2, 0) is 25.2 Å². The van der Waals surface area contributed by atoms with Crippen molar-refractivity contribution in [3.8, 4) is 0 Å². The first-order chi connectivity index (χ1) is 14.2. The number of aliphatic hydroxyl groups excluding tert-OH is 1. The maximum atomic E-state index is 13.8. The summed E-state index contributed by atoms with van der Waals surface area (Å²) in [6.45, 7) is 4.12. The normalized spacial score (nSPS) is 17.0. The molecule has 1 aromatic carbocycles. The Morgan fingerprint density at radius 1 is 1.00 bits per heavy atom. The number of rotatable bonds is 7. The molecule has 30 heavy (non-hydrogen) atoms. The molecule has 1 atom stereocenters. The van der Waals surface area contributed by atoms with Crippen molar-refractivity contribution in [2.24, 2.45) is 0 Å². The number of aliphatic hydroxyl groups is 1. The van der Waals surface area contributed by atoms with Crippen LogP contribution in [-0.4, -0.2) is 36.9 Å². The number of nitrogens with one attached hydrogen (secondary N) is 1. The summed E-state index contributed by atoms with van der Waals surface area (Å²) < 4.78 is 51.5. The van der Waals surface area contributed by atoms with Gasteiger partial charge in [0, 0.05) is 5.70 Å². The van der Waals surface area contributed by atoms with Crippen molar-refractivity contribution in [2.45, 2.75) is 39.3 Å². The van der Waals surface area contributed by atoms with Crippen LogP contribution in [0.25, 0.3) is 0 Å². The van der Waals surface area contributed by atoms with Crippen LogP contribution in [0, 0.1) is 0 Å². The maximum Gasteiger partial charge on any atom is 0.416 e. The maximum absolute atomic E-state index is 13.8. The Hall–Kier alpha value is -2.81. The van der Waals surface area contributed by atoms with Gasteiger partial charge in [0.2, 0.25) is 0 Å². The summed E-state index contributed by atoms with van der Waals surface area (Å²) in [5, 5.41) is 12.6. The number of esters is 2. The lowest BCUT2D eigenvalue weighted by Gasteiger charge is -2.33. The van der Waals surface area contributed by atoms with Crippen LogP contribution in [0.2, 0.25) is 0 Å². The van der Waals surface area contributed by atoms with E-state index in [4.69, 9.17) is 9.47 Å². The Kier molecular flexibility index (Phi) is 7.66. The molecule has 6 nitrogen and oxygen atoms in total. The van der Waals surface area contributed by atoms with Crippen LogP contribution in [0.4, 0.5) is 13.2 Å². The van der Waals surface area contributed by atoms with Crippen LogP contribution >= 0.6 is 0 Å². The van der Waals surface area contributed by atoms with Gasteiger partial charge in [0.05, 0.1) is 48.1 Å². The van der Waals surface area contributed by atoms with E-state index in [-0.39, 0.29) is 47.7 Å². The Morgan fingerprint density at radius 3 is 2.00 bits per heavy atom. The first-order valence-electron chi connectivity index (χ1n) is 9.55. The average molecular weight is 427 g/mol. The highest BCUT2D eigenvalue weighted by atomic mass is 19.4. The Morgan fingerprint density at radius 2 is 1.53 bits per heavy atom. The van der Waals surface area contributed by atoms with E-state index in [9.17, 15) is 27.9 Å². The molecular formula is C21H24F3NO5. The number of hydrogen-bond donors (Lipinski definition) is 2.